The van der Waals surface area contributed by atoms with Crippen LogP contribution in [0.15, 0.2) is 23.6 Å². The molecule has 0 unspecified atom stereocenters. The molecule has 2 aromatic rings. The van der Waals surface area contributed by atoms with Gasteiger partial charge in [-0.1, -0.05) is 26.0 Å². The topological polar surface area (TPSA) is 51.2 Å². The van der Waals surface area contributed by atoms with Crippen LogP contribution in [0.2, 0.25) is 0 Å². The summed E-state index contributed by atoms with van der Waals surface area (Å²) in [6.07, 6.45) is 0. The second kappa shape index (κ2) is 6.72. The van der Waals surface area contributed by atoms with Gasteiger partial charge in [0.05, 0.1) is 5.69 Å². The zero-order valence-corrected chi connectivity index (χ0v) is 13.6. The Kier molecular flexibility index (Phi) is 4.96. The number of aromatic nitrogens is 1. The molecule has 0 saturated heterocycles. The number of amides is 1. The van der Waals surface area contributed by atoms with Gasteiger partial charge in [0.15, 0.2) is 11.7 Å². The van der Waals surface area contributed by atoms with Crippen molar-refractivity contribution in [3.8, 4) is 5.75 Å². The van der Waals surface area contributed by atoms with E-state index in [2.05, 4.69) is 24.1 Å². The summed E-state index contributed by atoms with van der Waals surface area (Å²) in [5, 5.41) is 5.35. The molecule has 0 atom stereocenters. The number of benzene rings is 1. The van der Waals surface area contributed by atoms with E-state index < -0.39 is 0 Å². The standard InChI is InChI=1S/C16H20N2O2S/c1-10(2)13-9-21-16(17-13)18-15(19)8-20-14-7-11(3)5-6-12(14)4/h5-7,9-10H,8H2,1-4H3,(H,17,18,19). The van der Waals surface area contributed by atoms with Crippen LogP contribution in [0.25, 0.3) is 0 Å². The van der Waals surface area contributed by atoms with Crippen molar-refractivity contribution in [2.75, 3.05) is 11.9 Å². The molecule has 0 radical (unpaired) electrons. The molecule has 21 heavy (non-hydrogen) atoms. The monoisotopic (exact) mass is 304 g/mol. The molecular weight excluding hydrogens is 284 g/mol. The smallest absolute Gasteiger partial charge is 0.264 e. The van der Waals surface area contributed by atoms with Crippen molar-refractivity contribution in [1.29, 1.82) is 0 Å². The summed E-state index contributed by atoms with van der Waals surface area (Å²) in [6.45, 7) is 8.09. The minimum atomic E-state index is -0.194. The number of rotatable bonds is 5. The molecule has 0 aliphatic heterocycles. The molecule has 1 amide bonds. The first-order chi connectivity index (χ1) is 9.95. The van der Waals surface area contributed by atoms with Gasteiger partial charge >= 0.3 is 0 Å². The largest absolute Gasteiger partial charge is 0.483 e. The van der Waals surface area contributed by atoms with Crippen molar-refractivity contribution in [2.45, 2.75) is 33.6 Å². The highest BCUT2D eigenvalue weighted by Gasteiger charge is 2.10. The first kappa shape index (κ1) is 15.5. The average molecular weight is 304 g/mol. The molecule has 0 bridgehead atoms. The van der Waals surface area contributed by atoms with E-state index in [4.69, 9.17) is 4.74 Å². The maximum absolute atomic E-state index is 11.9. The predicted molar refractivity (Wildman–Crippen MR) is 86.2 cm³/mol. The predicted octanol–water partition coefficient (Wildman–Crippen LogP) is 3.90. The van der Waals surface area contributed by atoms with E-state index in [1.807, 2.05) is 37.4 Å². The molecule has 1 N–H and O–H groups in total. The number of carbonyl (C=O) groups is 1. The van der Waals surface area contributed by atoms with Gasteiger partial charge in [0.2, 0.25) is 0 Å². The second-order valence-electron chi connectivity index (χ2n) is 5.34. The van der Waals surface area contributed by atoms with E-state index in [0.29, 0.717) is 11.0 Å². The molecule has 2 rings (SSSR count). The third kappa shape index (κ3) is 4.29. The Balaban J connectivity index is 1.91. The molecular formula is C16H20N2O2S. The van der Waals surface area contributed by atoms with Crippen molar-refractivity contribution in [2.24, 2.45) is 0 Å². The molecule has 112 valence electrons. The molecule has 1 aromatic carbocycles. The summed E-state index contributed by atoms with van der Waals surface area (Å²) in [4.78, 5) is 16.3. The van der Waals surface area contributed by atoms with Crippen LogP contribution in [0, 0.1) is 13.8 Å². The van der Waals surface area contributed by atoms with Crippen LogP contribution < -0.4 is 10.1 Å². The number of carbonyl (C=O) groups excluding carboxylic acids is 1. The third-order valence-electron chi connectivity index (χ3n) is 3.06. The van der Waals surface area contributed by atoms with Crippen molar-refractivity contribution in [3.05, 3.63) is 40.4 Å². The fourth-order valence-corrected chi connectivity index (χ4v) is 2.66. The van der Waals surface area contributed by atoms with Gasteiger partial charge in [-0.05, 0) is 37.0 Å². The van der Waals surface area contributed by atoms with Crippen LogP contribution in [0.3, 0.4) is 0 Å². The summed E-state index contributed by atoms with van der Waals surface area (Å²) >= 11 is 1.43. The van der Waals surface area contributed by atoms with Crippen LogP contribution in [0.4, 0.5) is 5.13 Å². The lowest BCUT2D eigenvalue weighted by atomic mass is 10.1. The normalized spacial score (nSPS) is 10.7. The second-order valence-corrected chi connectivity index (χ2v) is 6.20. The van der Waals surface area contributed by atoms with E-state index in [1.165, 1.54) is 11.3 Å². The van der Waals surface area contributed by atoms with Gasteiger partial charge in [0, 0.05) is 5.38 Å². The Morgan fingerprint density at radius 2 is 2.14 bits per heavy atom. The van der Waals surface area contributed by atoms with Crippen LogP contribution in [-0.2, 0) is 4.79 Å². The minimum Gasteiger partial charge on any atom is -0.483 e. The molecule has 0 fully saturated rings. The average Bonchev–Trinajstić information content (AvgIpc) is 2.88. The molecule has 0 saturated carbocycles. The van der Waals surface area contributed by atoms with Gasteiger partial charge in [0.25, 0.3) is 5.91 Å². The fraction of sp³-hybridized carbons (Fsp3) is 0.375. The summed E-state index contributed by atoms with van der Waals surface area (Å²) in [5.74, 6) is 0.908. The van der Waals surface area contributed by atoms with E-state index in [9.17, 15) is 4.79 Å². The number of thiazole rings is 1. The lowest BCUT2D eigenvalue weighted by Crippen LogP contribution is -2.20. The highest BCUT2D eigenvalue weighted by atomic mass is 32.1. The summed E-state index contributed by atoms with van der Waals surface area (Å²) in [6, 6.07) is 5.94. The SMILES string of the molecule is Cc1ccc(C)c(OCC(=O)Nc2nc(C(C)C)cs2)c1. The van der Waals surface area contributed by atoms with Crippen LogP contribution in [0.1, 0.15) is 36.6 Å². The van der Waals surface area contributed by atoms with Crippen molar-refractivity contribution >= 4 is 22.4 Å². The number of ether oxygens (including phenoxy) is 1. The van der Waals surface area contributed by atoms with Gasteiger partial charge in [-0.25, -0.2) is 4.98 Å². The Labute approximate surface area is 129 Å². The molecule has 5 heteroatoms. The maximum Gasteiger partial charge on any atom is 0.264 e. The number of hydrogen-bond donors (Lipinski definition) is 1. The van der Waals surface area contributed by atoms with Gasteiger partial charge in [-0.2, -0.15) is 0 Å². The van der Waals surface area contributed by atoms with E-state index >= 15 is 0 Å². The lowest BCUT2D eigenvalue weighted by Gasteiger charge is -2.09. The summed E-state index contributed by atoms with van der Waals surface area (Å²) < 4.78 is 5.57. The molecule has 0 aliphatic rings. The van der Waals surface area contributed by atoms with E-state index in [0.717, 1.165) is 22.6 Å². The zero-order valence-electron chi connectivity index (χ0n) is 12.8. The van der Waals surface area contributed by atoms with Crippen molar-refractivity contribution in [1.82, 2.24) is 4.98 Å². The Morgan fingerprint density at radius 1 is 1.38 bits per heavy atom. The number of anilines is 1. The lowest BCUT2D eigenvalue weighted by molar-refractivity contribution is -0.118. The first-order valence-corrected chi connectivity index (χ1v) is 7.79. The molecule has 0 spiro atoms. The highest BCUT2D eigenvalue weighted by molar-refractivity contribution is 7.13. The number of aryl methyl sites for hydroxylation is 2. The first-order valence-electron chi connectivity index (χ1n) is 6.91. The molecule has 4 nitrogen and oxygen atoms in total. The van der Waals surface area contributed by atoms with E-state index in [-0.39, 0.29) is 12.5 Å². The Morgan fingerprint density at radius 3 is 2.81 bits per heavy atom. The minimum absolute atomic E-state index is 0.0130. The van der Waals surface area contributed by atoms with Crippen molar-refractivity contribution in [3.63, 3.8) is 0 Å². The molecule has 1 aromatic heterocycles. The maximum atomic E-state index is 11.9. The molecule has 1 heterocycles. The fourth-order valence-electron chi connectivity index (χ4n) is 1.77. The molecule has 0 aliphatic carbocycles. The van der Waals surface area contributed by atoms with Gasteiger partial charge in [0.1, 0.15) is 5.75 Å². The zero-order chi connectivity index (χ0) is 15.4. The van der Waals surface area contributed by atoms with Crippen LogP contribution in [0.5, 0.6) is 5.75 Å². The van der Waals surface area contributed by atoms with Gasteiger partial charge in [-0.3, -0.25) is 10.1 Å². The third-order valence-corrected chi connectivity index (χ3v) is 3.84. The van der Waals surface area contributed by atoms with Crippen molar-refractivity contribution < 1.29 is 9.53 Å². The number of hydrogen-bond acceptors (Lipinski definition) is 4. The van der Waals surface area contributed by atoms with E-state index in [1.54, 1.807) is 0 Å². The van der Waals surface area contributed by atoms with Crippen LogP contribution in [-0.4, -0.2) is 17.5 Å². The number of nitrogens with one attached hydrogen (secondary N) is 1. The quantitative estimate of drug-likeness (QED) is 0.911. The number of nitrogens with zero attached hydrogens (tertiary/aromatic N) is 1. The Bertz CT molecular complexity index is 635. The summed E-state index contributed by atoms with van der Waals surface area (Å²) in [7, 11) is 0. The van der Waals surface area contributed by atoms with Gasteiger partial charge < -0.3 is 4.74 Å². The summed E-state index contributed by atoms with van der Waals surface area (Å²) in [5.41, 5.74) is 3.12. The highest BCUT2D eigenvalue weighted by Crippen LogP contribution is 2.22. The van der Waals surface area contributed by atoms with Crippen LogP contribution >= 0.6 is 11.3 Å². The van der Waals surface area contributed by atoms with Gasteiger partial charge in [-0.15, -0.1) is 11.3 Å². The Hall–Kier alpha value is -1.88.